The molecule has 3 nitrogen and oxygen atoms in total. The molecule has 2 atom stereocenters. The van der Waals surface area contributed by atoms with E-state index in [0.717, 1.165) is 25.8 Å². The molecule has 1 saturated carbocycles. The lowest BCUT2D eigenvalue weighted by molar-refractivity contribution is -0.141. The first-order chi connectivity index (χ1) is 5.27. The van der Waals surface area contributed by atoms with Crippen molar-refractivity contribution in [3.8, 4) is 0 Å². The number of hydrogen-bond donors (Lipinski definition) is 0. The highest BCUT2D eigenvalue weighted by Crippen LogP contribution is 2.29. The van der Waals surface area contributed by atoms with Crippen LogP contribution in [0.5, 0.6) is 0 Å². The number of Topliss-reactive ketones (excluding diaryl/α,β-unsaturated/α-hetero) is 1. The molecule has 3 heteroatoms. The van der Waals surface area contributed by atoms with Gasteiger partial charge in [-0.1, -0.05) is 0 Å². The fraction of sp³-hybridized carbons (Fsp3) is 0.875. The highest BCUT2D eigenvalue weighted by molar-refractivity contribution is 5.82. The van der Waals surface area contributed by atoms with Crippen LogP contribution < -0.4 is 0 Å². The van der Waals surface area contributed by atoms with Crippen molar-refractivity contribution in [3.63, 3.8) is 0 Å². The molecule has 0 aromatic heterocycles. The summed E-state index contributed by atoms with van der Waals surface area (Å²) in [5.41, 5.74) is 0. The molecule has 0 unspecified atom stereocenters. The van der Waals surface area contributed by atoms with E-state index in [2.05, 4.69) is 0 Å². The van der Waals surface area contributed by atoms with Crippen molar-refractivity contribution in [2.45, 2.75) is 25.4 Å². The van der Waals surface area contributed by atoms with Crippen molar-refractivity contribution >= 4 is 5.78 Å². The third-order valence-corrected chi connectivity index (χ3v) is 2.54. The van der Waals surface area contributed by atoms with Crippen LogP contribution in [-0.2, 0) is 9.63 Å². The Kier molecular flexibility index (Phi) is 1.69. The van der Waals surface area contributed by atoms with Gasteiger partial charge in [0.2, 0.25) is 0 Å². The van der Waals surface area contributed by atoms with Gasteiger partial charge < -0.3 is 0 Å². The Hall–Kier alpha value is -0.410. The average Bonchev–Trinajstić information content (AvgIpc) is 2.31. The van der Waals surface area contributed by atoms with E-state index >= 15 is 0 Å². The molecule has 1 aliphatic heterocycles. The lowest BCUT2D eigenvalue weighted by atomic mass is 9.86. The first kappa shape index (κ1) is 7.25. The second kappa shape index (κ2) is 2.57. The second-order valence-electron chi connectivity index (χ2n) is 3.42. The van der Waals surface area contributed by atoms with Gasteiger partial charge in [0.15, 0.2) is 0 Å². The Labute approximate surface area is 66.3 Å². The molecule has 62 valence electrons. The first-order valence-corrected chi connectivity index (χ1v) is 4.18. The molecule has 1 heterocycles. The highest BCUT2D eigenvalue weighted by atomic mass is 16.7. The first-order valence-electron chi connectivity index (χ1n) is 4.18. The quantitative estimate of drug-likeness (QED) is 0.513. The zero-order chi connectivity index (χ0) is 7.84. The van der Waals surface area contributed by atoms with E-state index in [9.17, 15) is 4.79 Å². The lowest BCUT2D eigenvalue weighted by Gasteiger charge is -2.20. The molecule has 0 radical (unpaired) electrons. The fourth-order valence-electron chi connectivity index (χ4n) is 1.97. The minimum Gasteiger partial charge on any atom is -0.299 e. The maximum Gasteiger partial charge on any atom is 0.140 e. The third kappa shape index (κ3) is 1.19. The van der Waals surface area contributed by atoms with Crippen molar-refractivity contribution in [1.82, 2.24) is 5.06 Å². The number of ketones is 1. The number of rotatable bonds is 0. The molecule has 2 aliphatic rings. The molecule has 0 amide bonds. The van der Waals surface area contributed by atoms with Crippen LogP contribution in [0.4, 0.5) is 0 Å². The predicted molar refractivity (Wildman–Crippen MR) is 39.9 cm³/mol. The van der Waals surface area contributed by atoms with E-state index in [1.165, 1.54) is 0 Å². The van der Waals surface area contributed by atoms with Gasteiger partial charge in [0.1, 0.15) is 5.78 Å². The second-order valence-corrected chi connectivity index (χ2v) is 3.42. The summed E-state index contributed by atoms with van der Waals surface area (Å²) in [5, 5.41) is 1.79. The summed E-state index contributed by atoms with van der Waals surface area (Å²) in [6.07, 6.45) is 3.02. The van der Waals surface area contributed by atoms with E-state index in [4.69, 9.17) is 4.84 Å². The van der Waals surface area contributed by atoms with Crippen molar-refractivity contribution in [2.75, 3.05) is 13.6 Å². The largest absolute Gasteiger partial charge is 0.299 e. The maximum atomic E-state index is 11.3. The van der Waals surface area contributed by atoms with Crippen LogP contribution in [-0.4, -0.2) is 30.5 Å². The van der Waals surface area contributed by atoms with Crippen molar-refractivity contribution < 1.29 is 9.63 Å². The normalized spacial score (nSPS) is 39.2. The summed E-state index contributed by atoms with van der Waals surface area (Å²) in [4.78, 5) is 16.8. The monoisotopic (exact) mass is 155 g/mol. The van der Waals surface area contributed by atoms with E-state index < -0.39 is 0 Å². The van der Waals surface area contributed by atoms with E-state index in [1.54, 1.807) is 5.06 Å². The molecule has 2 rings (SSSR count). The Morgan fingerprint density at radius 2 is 2.45 bits per heavy atom. The zero-order valence-electron chi connectivity index (χ0n) is 6.75. The van der Waals surface area contributed by atoms with E-state index in [-0.39, 0.29) is 12.0 Å². The molecule has 0 aromatic rings. The number of fused-ring (bicyclic) bond motifs is 1. The van der Waals surface area contributed by atoms with Crippen LogP contribution in [0.15, 0.2) is 0 Å². The van der Waals surface area contributed by atoms with Gasteiger partial charge in [-0.3, -0.25) is 9.63 Å². The van der Waals surface area contributed by atoms with E-state index in [1.807, 2.05) is 7.05 Å². The summed E-state index contributed by atoms with van der Waals surface area (Å²) in [6.45, 7) is 0.795. The Morgan fingerprint density at radius 1 is 1.64 bits per heavy atom. The minimum atomic E-state index is 0.175. The number of nitrogens with zero attached hydrogens (tertiary/aromatic N) is 1. The van der Waals surface area contributed by atoms with Crippen LogP contribution in [0.25, 0.3) is 0 Å². The number of hydroxylamine groups is 2. The number of carbonyl (C=O) groups excluding carboxylic acids is 1. The lowest BCUT2D eigenvalue weighted by Crippen LogP contribution is -2.30. The summed E-state index contributed by atoms with van der Waals surface area (Å²) in [7, 11) is 1.89. The number of hydrogen-bond acceptors (Lipinski definition) is 3. The average molecular weight is 155 g/mol. The van der Waals surface area contributed by atoms with Gasteiger partial charge in [-0.05, 0) is 12.8 Å². The van der Waals surface area contributed by atoms with Gasteiger partial charge in [-0.15, -0.1) is 0 Å². The molecule has 11 heavy (non-hydrogen) atoms. The number of carbonyl (C=O) groups is 1. The summed E-state index contributed by atoms with van der Waals surface area (Å²) >= 11 is 0. The molecule has 0 bridgehead atoms. The topological polar surface area (TPSA) is 29.5 Å². The van der Waals surface area contributed by atoms with Gasteiger partial charge in [-0.25, -0.2) is 0 Å². The molecule has 1 aliphatic carbocycles. The summed E-state index contributed by atoms with van der Waals surface area (Å²) in [6, 6.07) is 0. The van der Waals surface area contributed by atoms with Crippen LogP contribution in [0, 0.1) is 5.92 Å². The maximum absolute atomic E-state index is 11.3. The van der Waals surface area contributed by atoms with Crippen molar-refractivity contribution in [2.24, 2.45) is 5.92 Å². The Bertz CT molecular complexity index is 181. The van der Waals surface area contributed by atoms with Gasteiger partial charge >= 0.3 is 0 Å². The van der Waals surface area contributed by atoms with Crippen LogP contribution in [0.2, 0.25) is 0 Å². The molecule has 0 spiro atoms. The molecular formula is C8H13NO2. The minimum absolute atomic E-state index is 0.175. The van der Waals surface area contributed by atoms with Crippen LogP contribution in [0.1, 0.15) is 19.3 Å². The highest BCUT2D eigenvalue weighted by Gasteiger charge is 2.39. The standard InChI is InChI=1S/C8H13NO2/c1-9-5-6-7(10)3-2-4-8(6)11-9/h6,8H,2-5H2,1H3/t6-,8+/m0/s1. The molecule has 0 N–H and O–H groups in total. The van der Waals surface area contributed by atoms with Gasteiger partial charge in [0.25, 0.3) is 0 Å². The summed E-state index contributed by atoms with van der Waals surface area (Å²) < 4.78 is 0. The van der Waals surface area contributed by atoms with Gasteiger partial charge in [0.05, 0.1) is 12.0 Å². The molecule has 2 fully saturated rings. The van der Waals surface area contributed by atoms with E-state index in [0.29, 0.717) is 5.78 Å². The SMILES string of the molecule is CN1C[C@H]2C(=O)CCC[C@H]2O1. The summed E-state index contributed by atoms with van der Waals surface area (Å²) in [5.74, 6) is 0.569. The van der Waals surface area contributed by atoms with Crippen molar-refractivity contribution in [3.05, 3.63) is 0 Å². The third-order valence-electron chi connectivity index (χ3n) is 2.54. The molecular weight excluding hydrogens is 142 g/mol. The van der Waals surface area contributed by atoms with Crippen LogP contribution in [0.3, 0.4) is 0 Å². The van der Waals surface area contributed by atoms with Gasteiger partial charge in [0, 0.05) is 20.0 Å². The zero-order valence-corrected chi connectivity index (χ0v) is 6.75. The predicted octanol–water partition coefficient (Wildman–Crippen LogP) is 0.601. The van der Waals surface area contributed by atoms with Gasteiger partial charge in [-0.2, -0.15) is 5.06 Å². The smallest absolute Gasteiger partial charge is 0.140 e. The van der Waals surface area contributed by atoms with Crippen LogP contribution >= 0.6 is 0 Å². The molecule has 0 aromatic carbocycles. The molecule has 1 saturated heterocycles. The Morgan fingerprint density at radius 3 is 3.18 bits per heavy atom. The Balaban J connectivity index is 2.09. The fourth-order valence-corrected chi connectivity index (χ4v) is 1.97. The van der Waals surface area contributed by atoms with Crippen molar-refractivity contribution in [1.29, 1.82) is 0 Å².